The van der Waals surface area contributed by atoms with Gasteiger partial charge in [0.1, 0.15) is 11.4 Å². The summed E-state index contributed by atoms with van der Waals surface area (Å²) in [5.41, 5.74) is 3.39. The van der Waals surface area contributed by atoms with E-state index in [1.807, 2.05) is 35.7 Å². The van der Waals surface area contributed by atoms with Crippen LogP contribution >= 0.6 is 11.3 Å². The second kappa shape index (κ2) is 7.47. The van der Waals surface area contributed by atoms with E-state index in [2.05, 4.69) is 26.2 Å². The highest BCUT2D eigenvalue weighted by atomic mass is 32.1. The molecule has 0 saturated heterocycles. The summed E-state index contributed by atoms with van der Waals surface area (Å²) in [6.45, 7) is 1.69. The Morgan fingerprint density at radius 3 is 2.68 bits per heavy atom. The third-order valence-corrected chi connectivity index (χ3v) is 4.68. The van der Waals surface area contributed by atoms with E-state index in [9.17, 15) is 4.79 Å². The van der Waals surface area contributed by atoms with Crippen LogP contribution in [0.1, 0.15) is 22.0 Å². The molecule has 1 aromatic carbocycles. The van der Waals surface area contributed by atoms with Crippen molar-refractivity contribution >= 4 is 22.4 Å². The van der Waals surface area contributed by atoms with Crippen LogP contribution in [0.25, 0.3) is 22.6 Å². The van der Waals surface area contributed by atoms with Crippen molar-refractivity contribution in [1.29, 1.82) is 0 Å². The third kappa shape index (κ3) is 3.54. The summed E-state index contributed by atoms with van der Waals surface area (Å²) < 4.78 is 5.55. The lowest BCUT2D eigenvalue weighted by Gasteiger charge is -2.02. The zero-order chi connectivity index (χ0) is 19.5. The molecule has 0 unspecified atom stereocenters. The Hall–Kier alpha value is -3.76. The number of hydrogen-bond donors (Lipinski definition) is 1. The van der Waals surface area contributed by atoms with Crippen LogP contribution in [-0.2, 0) is 0 Å². The Morgan fingerprint density at radius 2 is 1.96 bits per heavy atom. The summed E-state index contributed by atoms with van der Waals surface area (Å²) in [7, 11) is 0. The highest BCUT2D eigenvalue weighted by molar-refractivity contribution is 7.14. The van der Waals surface area contributed by atoms with Crippen molar-refractivity contribution in [3.63, 3.8) is 0 Å². The van der Waals surface area contributed by atoms with Crippen molar-refractivity contribution < 1.29 is 9.21 Å². The van der Waals surface area contributed by atoms with E-state index in [1.165, 1.54) is 11.3 Å². The molecule has 3 heterocycles. The molecule has 1 amide bonds. The first kappa shape index (κ1) is 17.6. The number of benzene rings is 1. The summed E-state index contributed by atoms with van der Waals surface area (Å²) in [5.74, 6) is 2.67. The van der Waals surface area contributed by atoms with Crippen LogP contribution in [0.2, 0.25) is 0 Å². The molecule has 4 aromatic rings. The van der Waals surface area contributed by atoms with Crippen molar-refractivity contribution in [2.24, 2.45) is 0 Å². The number of oxazole rings is 1. The van der Waals surface area contributed by atoms with Crippen molar-refractivity contribution in [3.05, 3.63) is 71.3 Å². The number of carbonyl (C=O) groups is 1. The van der Waals surface area contributed by atoms with E-state index in [4.69, 9.17) is 10.8 Å². The number of aryl methyl sites for hydroxylation is 1. The minimum atomic E-state index is -0.418. The number of anilines is 1. The number of terminal acetylenes is 1. The van der Waals surface area contributed by atoms with Gasteiger partial charge in [0.15, 0.2) is 11.0 Å². The van der Waals surface area contributed by atoms with Gasteiger partial charge >= 0.3 is 0 Å². The topological polar surface area (TPSA) is 80.9 Å². The molecule has 7 heteroatoms. The van der Waals surface area contributed by atoms with Gasteiger partial charge in [0.25, 0.3) is 5.91 Å². The van der Waals surface area contributed by atoms with Crippen LogP contribution in [-0.4, -0.2) is 20.9 Å². The van der Waals surface area contributed by atoms with Gasteiger partial charge in [-0.1, -0.05) is 24.1 Å². The van der Waals surface area contributed by atoms with Gasteiger partial charge in [-0.3, -0.25) is 15.1 Å². The standard InChI is InChI=1S/C21H14N4O2S/c1-3-14-7-9-15(10-8-14)18-19(27-13(2)23-18)20(26)25-21-24-17(12-28-21)16-6-4-5-11-22-16/h1,4-12H,2H3,(H,24,25,26). The second-order valence-electron chi connectivity index (χ2n) is 5.84. The number of aromatic nitrogens is 3. The Kier molecular flexibility index (Phi) is 4.70. The van der Waals surface area contributed by atoms with Gasteiger partial charge in [-0.25, -0.2) is 9.97 Å². The zero-order valence-electron chi connectivity index (χ0n) is 14.8. The summed E-state index contributed by atoms with van der Waals surface area (Å²) in [4.78, 5) is 25.8. The molecule has 1 N–H and O–H groups in total. The molecule has 0 bridgehead atoms. The molecule has 0 radical (unpaired) electrons. The van der Waals surface area contributed by atoms with Gasteiger partial charge < -0.3 is 4.42 Å². The number of pyridine rings is 1. The number of carbonyl (C=O) groups excluding carboxylic acids is 1. The number of hydrogen-bond acceptors (Lipinski definition) is 6. The zero-order valence-corrected chi connectivity index (χ0v) is 15.7. The molecule has 28 heavy (non-hydrogen) atoms. The number of nitrogens with one attached hydrogen (secondary N) is 1. The van der Waals surface area contributed by atoms with E-state index in [1.54, 1.807) is 25.3 Å². The predicted octanol–water partition coefficient (Wildman–Crippen LogP) is 4.40. The SMILES string of the molecule is C#Cc1ccc(-c2nc(C)oc2C(=O)Nc2nc(-c3ccccn3)cs2)cc1. The predicted molar refractivity (Wildman–Crippen MR) is 108 cm³/mol. The average Bonchev–Trinajstić information content (AvgIpc) is 3.35. The second-order valence-corrected chi connectivity index (χ2v) is 6.70. The van der Waals surface area contributed by atoms with Crippen molar-refractivity contribution in [3.8, 4) is 35.0 Å². The highest BCUT2D eigenvalue weighted by Gasteiger charge is 2.21. The Balaban J connectivity index is 1.59. The molecule has 0 saturated carbocycles. The molecule has 4 rings (SSSR count). The number of thiazole rings is 1. The molecule has 136 valence electrons. The van der Waals surface area contributed by atoms with Crippen LogP contribution in [0, 0.1) is 19.3 Å². The first-order valence-electron chi connectivity index (χ1n) is 8.37. The quantitative estimate of drug-likeness (QED) is 0.526. The van der Waals surface area contributed by atoms with Crippen molar-refractivity contribution in [1.82, 2.24) is 15.0 Å². The normalized spacial score (nSPS) is 10.4. The van der Waals surface area contributed by atoms with Gasteiger partial charge in [-0.05, 0) is 24.3 Å². The highest BCUT2D eigenvalue weighted by Crippen LogP contribution is 2.27. The van der Waals surface area contributed by atoms with Crippen LogP contribution in [0.3, 0.4) is 0 Å². The van der Waals surface area contributed by atoms with Crippen LogP contribution in [0.5, 0.6) is 0 Å². The molecular formula is C21H14N4O2S. The maximum absolute atomic E-state index is 12.8. The first-order chi connectivity index (χ1) is 13.6. The summed E-state index contributed by atoms with van der Waals surface area (Å²) in [6, 6.07) is 12.8. The average molecular weight is 386 g/mol. The fourth-order valence-electron chi connectivity index (χ4n) is 2.62. The molecule has 0 atom stereocenters. The summed E-state index contributed by atoms with van der Waals surface area (Å²) in [5, 5.41) is 5.06. The molecule has 0 aliphatic carbocycles. The first-order valence-corrected chi connectivity index (χ1v) is 9.25. The monoisotopic (exact) mass is 386 g/mol. The largest absolute Gasteiger partial charge is 0.435 e. The van der Waals surface area contributed by atoms with Gasteiger partial charge in [-0.15, -0.1) is 17.8 Å². The van der Waals surface area contributed by atoms with E-state index in [0.29, 0.717) is 22.4 Å². The van der Waals surface area contributed by atoms with E-state index >= 15 is 0 Å². The van der Waals surface area contributed by atoms with E-state index < -0.39 is 5.91 Å². The molecule has 0 fully saturated rings. The molecule has 0 aliphatic heterocycles. The Labute approximate surface area is 165 Å². The van der Waals surface area contributed by atoms with E-state index in [-0.39, 0.29) is 5.76 Å². The maximum Gasteiger partial charge on any atom is 0.295 e. The number of rotatable bonds is 4. The molecule has 0 spiro atoms. The van der Waals surface area contributed by atoms with Crippen molar-refractivity contribution in [2.45, 2.75) is 6.92 Å². The summed E-state index contributed by atoms with van der Waals surface area (Å²) >= 11 is 1.31. The fourth-order valence-corrected chi connectivity index (χ4v) is 3.32. The maximum atomic E-state index is 12.8. The molecular weight excluding hydrogens is 372 g/mol. The lowest BCUT2D eigenvalue weighted by molar-refractivity contribution is 0.0996. The molecule has 0 aliphatic rings. The lowest BCUT2D eigenvalue weighted by atomic mass is 10.1. The Morgan fingerprint density at radius 1 is 1.14 bits per heavy atom. The smallest absolute Gasteiger partial charge is 0.295 e. The fraction of sp³-hybridized carbons (Fsp3) is 0.0476. The summed E-state index contributed by atoms with van der Waals surface area (Å²) in [6.07, 6.45) is 7.09. The minimum absolute atomic E-state index is 0.126. The van der Waals surface area contributed by atoms with E-state index in [0.717, 1.165) is 16.8 Å². The van der Waals surface area contributed by atoms with Crippen LogP contribution in [0.15, 0.2) is 58.5 Å². The third-order valence-electron chi connectivity index (χ3n) is 3.92. The van der Waals surface area contributed by atoms with Gasteiger partial charge in [-0.2, -0.15) is 0 Å². The number of amides is 1. The van der Waals surface area contributed by atoms with Gasteiger partial charge in [0.05, 0.1) is 5.69 Å². The van der Waals surface area contributed by atoms with Gasteiger partial charge in [0.2, 0.25) is 5.76 Å². The van der Waals surface area contributed by atoms with Crippen molar-refractivity contribution in [2.75, 3.05) is 5.32 Å². The van der Waals surface area contributed by atoms with Crippen LogP contribution < -0.4 is 5.32 Å². The van der Waals surface area contributed by atoms with Gasteiger partial charge in [0, 0.05) is 29.6 Å². The van der Waals surface area contributed by atoms with Crippen LogP contribution in [0.4, 0.5) is 5.13 Å². The Bertz CT molecular complexity index is 1170. The minimum Gasteiger partial charge on any atom is -0.435 e. The molecule has 6 nitrogen and oxygen atoms in total. The molecule has 3 aromatic heterocycles. The number of nitrogens with zero attached hydrogens (tertiary/aromatic N) is 3. The lowest BCUT2D eigenvalue weighted by Crippen LogP contribution is -2.12.